The number of ether oxygens (including phenoxy) is 2. The minimum atomic E-state index is -3.38. The molecule has 5 heterocycles. The number of nitrogens with zero attached hydrogens (tertiary/aromatic N) is 6. The normalized spacial score (nSPS) is 23.7. The number of anilines is 1. The summed E-state index contributed by atoms with van der Waals surface area (Å²) in [6, 6.07) is 8.87. The van der Waals surface area contributed by atoms with Crippen LogP contribution in [0, 0.1) is 5.82 Å². The van der Waals surface area contributed by atoms with Crippen LogP contribution in [0.2, 0.25) is 5.02 Å². The van der Waals surface area contributed by atoms with Crippen LogP contribution in [0.1, 0.15) is 40.0 Å². The topological polar surface area (TPSA) is 83.9 Å². The number of aromatic nitrogens is 3. The molecule has 3 fully saturated rings. The molecule has 2 aromatic carbocycles. The molecule has 0 bridgehead atoms. The van der Waals surface area contributed by atoms with Gasteiger partial charge in [0.15, 0.2) is 5.82 Å². The molecular formula is C35H37ClF4N6O3. The summed E-state index contributed by atoms with van der Waals surface area (Å²) in [6.07, 6.45) is 1.36. The van der Waals surface area contributed by atoms with E-state index < -0.39 is 47.7 Å². The molecule has 0 aliphatic carbocycles. The maximum absolute atomic E-state index is 16.8. The van der Waals surface area contributed by atoms with Crippen molar-refractivity contribution in [2.45, 2.75) is 69.3 Å². The van der Waals surface area contributed by atoms with Gasteiger partial charge in [-0.05, 0) is 51.6 Å². The van der Waals surface area contributed by atoms with E-state index in [-0.39, 0.29) is 48.0 Å². The highest BCUT2D eigenvalue weighted by atomic mass is 35.5. The van der Waals surface area contributed by atoms with E-state index in [9.17, 15) is 9.18 Å². The van der Waals surface area contributed by atoms with Gasteiger partial charge in [-0.15, -0.1) is 0 Å². The van der Waals surface area contributed by atoms with Crippen molar-refractivity contribution in [3.05, 3.63) is 53.4 Å². The van der Waals surface area contributed by atoms with Crippen LogP contribution in [-0.2, 0) is 4.74 Å². The number of halogens is 5. The molecule has 3 saturated heterocycles. The first-order valence-corrected chi connectivity index (χ1v) is 16.7. The van der Waals surface area contributed by atoms with Crippen LogP contribution in [-0.4, -0.2) is 100.0 Å². The van der Waals surface area contributed by atoms with Gasteiger partial charge in [0.2, 0.25) is 0 Å². The fraction of sp³-hybridized carbons (Fsp3) is 0.486. The highest BCUT2D eigenvalue weighted by Gasteiger charge is 2.53. The second-order valence-corrected chi connectivity index (χ2v) is 14.7. The Kier molecular flexibility index (Phi) is 8.29. The Balaban J connectivity index is 1.32. The van der Waals surface area contributed by atoms with Crippen LogP contribution in [0.5, 0.6) is 6.01 Å². The van der Waals surface area contributed by atoms with Gasteiger partial charge in [-0.25, -0.2) is 22.4 Å². The Labute approximate surface area is 286 Å². The molecule has 3 atom stereocenters. The Hall–Kier alpha value is -3.97. The lowest BCUT2D eigenvalue weighted by atomic mass is 9.95. The predicted molar refractivity (Wildman–Crippen MR) is 179 cm³/mol. The lowest BCUT2D eigenvalue weighted by Crippen LogP contribution is -2.46. The molecular weight excluding hydrogens is 664 g/mol. The minimum absolute atomic E-state index is 0.0385. The maximum Gasteiger partial charge on any atom is 0.410 e. The number of carbonyl (C=O) groups excluding carboxylic acids is 1. The Morgan fingerprint density at radius 3 is 2.65 bits per heavy atom. The van der Waals surface area contributed by atoms with Gasteiger partial charge in [-0.1, -0.05) is 41.9 Å². The maximum atomic E-state index is 16.8. The number of hydrogen-bond donors (Lipinski definition) is 0. The van der Waals surface area contributed by atoms with Crippen LogP contribution in [0.4, 0.5) is 28.2 Å². The molecule has 0 saturated carbocycles. The smallest absolute Gasteiger partial charge is 0.410 e. The first kappa shape index (κ1) is 33.5. The number of likely N-dealkylation sites (tertiary alicyclic amines) is 1. The zero-order valence-electron chi connectivity index (χ0n) is 27.7. The molecule has 9 nitrogen and oxygen atoms in total. The van der Waals surface area contributed by atoms with Crippen molar-refractivity contribution in [1.29, 1.82) is 0 Å². The number of amides is 1. The van der Waals surface area contributed by atoms with E-state index in [2.05, 4.69) is 19.9 Å². The molecule has 4 aromatic rings. The van der Waals surface area contributed by atoms with Crippen LogP contribution in [0.3, 0.4) is 0 Å². The van der Waals surface area contributed by atoms with Gasteiger partial charge in [0.1, 0.15) is 41.4 Å². The van der Waals surface area contributed by atoms with Crippen molar-refractivity contribution in [3.63, 3.8) is 0 Å². The molecule has 1 amide bonds. The van der Waals surface area contributed by atoms with Crippen molar-refractivity contribution in [3.8, 4) is 17.3 Å². The van der Waals surface area contributed by atoms with Gasteiger partial charge < -0.3 is 14.4 Å². The highest BCUT2D eigenvalue weighted by Crippen LogP contribution is 2.42. The zero-order valence-corrected chi connectivity index (χ0v) is 28.4. The minimum Gasteiger partial charge on any atom is -0.461 e. The molecule has 49 heavy (non-hydrogen) atoms. The van der Waals surface area contributed by atoms with Crippen LogP contribution >= 0.6 is 11.6 Å². The van der Waals surface area contributed by atoms with Crippen molar-refractivity contribution >= 4 is 45.2 Å². The van der Waals surface area contributed by atoms with Gasteiger partial charge in [0.05, 0.1) is 24.0 Å². The fourth-order valence-corrected chi connectivity index (χ4v) is 7.75. The molecule has 14 heteroatoms. The molecule has 0 unspecified atom stereocenters. The largest absolute Gasteiger partial charge is 0.461 e. The number of likely N-dealkylation sites (N-methyl/N-ethyl adjacent to an activating group) is 1. The molecule has 2 aromatic heterocycles. The average Bonchev–Trinajstić information content (AvgIpc) is 3.67. The van der Waals surface area contributed by atoms with Crippen LogP contribution in [0.15, 0.2) is 42.6 Å². The summed E-state index contributed by atoms with van der Waals surface area (Å²) in [5, 5.41) is 1.84. The second-order valence-electron chi connectivity index (χ2n) is 14.3. The highest BCUT2D eigenvalue weighted by molar-refractivity contribution is 6.36. The number of benzene rings is 2. The van der Waals surface area contributed by atoms with Crippen molar-refractivity contribution < 1.29 is 31.8 Å². The summed E-state index contributed by atoms with van der Waals surface area (Å²) < 4.78 is 74.1. The molecule has 0 N–H and O–H groups in total. The summed E-state index contributed by atoms with van der Waals surface area (Å²) in [5.74, 6) is -4.25. The third-order valence-electron chi connectivity index (χ3n) is 9.72. The zero-order chi connectivity index (χ0) is 34.9. The van der Waals surface area contributed by atoms with Gasteiger partial charge in [-0.2, -0.15) is 9.97 Å². The molecule has 260 valence electrons. The number of carbonyl (C=O) groups is 1. The molecule has 0 spiro atoms. The van der Waals surface area contributed by atoms with Crippen LogP contribution in [0.25, 0.3) is 32.9 Å². The number of rotatable bonds is 6. The van der Waals surface area contributed by atoms with Crippen molar-refractivity contribution in [2.24, 2.45) is 0 Å². The van der Waals surface area contributed by atoms with Gasteiger partial charge >= 0.3 is 12.1 Å². The lowest BCUT2D eigenvalue weighted by molar-refractivity contribution is -0.0102. The molecule has 3 aliphatic heterocycles. The van der Waals surface area contributed by atoms with E-state index in [1.165, 1.54) is 18.1 Å². The number of alkyl halides is 3. The predicted octanol–water partition coefficient (Wildman–Crippen LogP) is 7.28. The molecule has 3 aliphatic rings. The summed E-state index contributed by atoms with van der Waals surface area (Å²) in [4.78, 5) is 30.4. The third-order valence-corrected chi connectivity index (χ3v) is 10.0. The number of hydrogen-bond acceptors (Lipinski definition) is 8. The van der Waals surface area contributed by atoms with E-state index in [0.717, 1.165) is 23.3 Å². The quantitative estimate of drug-likeness (QED) is 0.194. The van der Waals surface area contributed by atoms with Gasteiger partial charge in [-0.3, -0.25) is 14.8 Å². The Morgan fingerprint density at radius 1 is 1.14 bits per heavy atom. The number of fused-ring (bicyclic) bond motifs is 3. The second kappa shape index (κ2) is 12.1. The molecule has 0 radical (unpaired) electrons. The van der Waals surface area contributed by atoms with E-state index in [1.807, 2.05) is 12.1 Å². The number of pyridine rings is 1. The first-order chi connectivity index (χ1) is 23.2. The summed E-state index contributed by atoms with van der Waals surface area (Å²) in [7, 11) is 1.40. The molecule has 7 rings (SSSR count). The van der Waals surface area contributed by atoms with E-state index >= 15 is 13.2 Å². The lowest BCUT2D eigenvalue weighted by Gasteiger charge is -2.32. The monoisotopic (exact) mass is 700 g/mol. The van der Waals surface area contributed by atoms with Crippen molar-refractivity contribution in [2.75, 3.05) is 44.7 Å². The van der Waals surface area contributed by atoms with E-state index in [4.69, 9.17) is 21.1 Å². The Morgan fingerprint density at radius 2 is 1.90 bits per heavy atom. The van der Waals surface area contributed by atoms with Crippen LogP contribution < -0.4 is 9.64 Å². The van der Waals surface area contributed by atoms with E-state index in [1.54, 1.807) is 45.0 Å². The fourth-order valence-electron chi connectivity index (χ4n) is 7.47. The first-order valence-electron chi connectivity index (χ1n) is 16.3. The van der Waals surface area contributed by atoms with Gasteiger partial charge in [0.25, 0.3) is 5.92 Å². The summed E-state index contributed by atoms with van der Waals surface area (Å²) in [5.41, 5.74) is -1.24. The third kappa shape index (κ3) is 6.09. The summed E-state index contributed by atoms with van der Waals surface area (Å²) >= 11 is 6.56. The average molecular weight is 701 g/mol. The van der Waals surface area contributed by atoms with E-state index in [0.29, 0.717) is 28.9 Å². The standard InChI is InChI=1S/C35H37ClF4N6O3/c1-33(2,3)49-32(47)45-17-25(35(39,40)18-45)44(4)30-23-15-41-28(22-10-5-8-20-9-6-11-24(36)26(20)22)27(38)29(23)42-31(43-30)48-19-34-12-7-13-46(34)16-21(37)14-34/h5-6,8-11,15,21,25H,7,12-14,16-19H2,1-4H3/t21-,25+,34+/m1/s1. The summed E-state index contributed by atoms with van der Waals surface area (Å²) in [6.45, 7) is 4.81. The SMILES string of the molecule is CN(c1nc(OC[C@@]23CCCN2C[C@H](F)C3)nc2c(F)c(-c3cccc4cccc(Cl)c34)ncc12)[C@H]1CN(C(=O)OC(C)(C)C)CC1(F)F. The van der Waals surface area contributed by atoms with Gasteiger partial charge in [0, 0.05) is 42.2 Å². The Bertz CT molecular complexity index is 1940. The van der Waals surface area contributed by atoms with Crippen molar-refractivity contribution in [1.82, 2.24) is 24.8 Å².